The lowest BCUT2D eigenvalue weighted by Gasteiger charge is -2.23. The van der Waals surface area contributed by atoms with Gasteiger partial charge in [-0.2, -0.15) is 0 Å². The van der Waals surface area contributed by atoms with Crippen molar-refractivity contribution >= 4 is 0 Å². The minimum atomic E-state index is -1.58. The first kappa shape index (κ1) is 11.5. The van der Waals surface area contributed by atoms with E-state index < -0.39 is 31.0 Å². The predicted molar refractivity (Wildman–Crippen MR) is 41.3 cm³/mol. The van der Waals surface area contributed by atoms with Crippen LogP contribution in [0.3, 0.4) is 0 Å². The van der Waals surface area contributed by atoms with Crippen molar-refractivity contribution in [1.82, 2.24) is 0 Å². The summed E-state index contributed by atoms with van der Waals surface area (Å²) in [6, 6.07) is 0. The standard InChI is InChI=1S/C7H14O5/c1-2-4(9)6(11)7(12)5(10)3-8/h2,4-12H,1,3H2/t4-,5+,6-,7-/m1/s1. The Hall–Kier alpha value is -0.460. The lowest BCUT2D eigenvalue weighted by Crippen LogP contribution is -2.45. The largest absolute Gasteiger partial charge is 0.394 e. The summed E-state index contributed by atoms with van der Waals surface area (Å²) in [5, 5.41) is 44.2. The smallest absolute Gasteiger partial charge is 0.112 e. The Morgan fingerprint density at radius 1 is 1.08 bits per heavy atom. The second-order valence-electron chi connectivity index (χ2n) is 2.46. The third-order valence-corrected chi connectivity index (χ3v) is 1.52. The lowest BCUT2D eigenvalue weighted by atomic mass is 10.0. The number of rotatable bonds is 5. The van der Waals surface area contributed by atoms with Gasteiger partial charge < -0.3 is 25.5 Å². The molecular formula is C7H14O5. The summed E-state index contributed by atoms with van der Waals surface area (Å²) in [6.45, 7) is 2.51. The molecule has 0 bridgehead atoms. The maximum absolute atomic E-state index is 9.05. The zero-order chi connectivity index (χ0) is 9.72. The fraction of sp³-hybridized carbons (Fsp3) is 0.714. The van der Waals surface area contributed by atoms with E-state index >= 15 is 0 Å². The molecule has 0 radical (unpaired) electrons. The quantitative estimate of drug-likeness (QED) is 0.302. The molecule has 0 aliphatic heterocycles. The van der Waals surface area contributed by atoms with E-state index in [2.05, 4.69) is 6.58 Å². The molecule has 0 rings (SSSR count). The van der Waals surface area contributed by atoms with Crippen molar-refractivity contribution in [2.24, 2.45) is 0 Å². The van der Waals surface area contributed by atoms with Gasteiger partial charge in [-0.1, -0.05) is 6.08 Å². The highest BCUT2D eigenvalue weighted by molar-refractivity contribution is 4.90. The zero-order valence-electron chi connectivity index (χ0n) is 6.54. The Labute approximate surface area is 70.2 Å². The molecule has 72 valence electrons. The number of aliphatic hydroxyl groups excluding tert-OH is 5. The SMILES string of the molecule is C=C[C@@H](O)[C@@H](O)[C@H](O)[C@@H](O)CO. The van der Waals surface area contributed by atoms with E-state index in [9.17, 15) is 0 Å². The van der Waals surface area contributed by atoms with Gasteiger partial charge in [-0.3, -0.25) is 0 Å². The summed E-state index contributed by atoms with van der Waals surface area (Å²) in [4.78, 5) is 0. The van der Waals surface area contributed by atoms with Crippen molar-refractivity contribution in [2.75, 3.05) is 6.61 Å². The highest BCUT2D eigenvalue weighted by atomic mass is 16.4. The molecule has 0 aliphatic carbocycles. The van der Waals surface area contributed by atoms with Crippen LogP contribution in [0.4, 0.5) is 0 Å². The monoisotopic (exact) mass is 178 g/mol. The third kappa shape index (κ3) is 2.88. The Morgan fingerprint density at radius 2 is 1.58 bits per heavy atom. The molecule has 0 aromatic rings. The van der Waals surface area contributed by atoms with Crippen LogP contribution >= 0.6 is 0 Å². The average Bonchev–Trinajstić information content (AvgIpc) is 2.12. The number of hydrogen-bond donors (Lipinski definition) is 5. The highest BCUT2D eigenvalue weighted by Gasteiger charge is 2.28. The van der Waals surface area contributed by atoms with Gasteiger partial charge >= 0.3 is 0 Å². The van der Waals surface area contributed by atoms with E-state index in [0.29, 0.717) is 0 Å². The van der Waals surface area contributed by atoms with Crippen molar-refractivity contribution in [1.29, 1.82) is 0 Å². The summed E-state index contributed by atoms with van der Waals surface area (Å²) < 4.78 is 0. The van der Waals surface area contributed by atoms with Crippen LogP contribution in [0.5, 0.6) is 0 Å². The molecule has 5 nitrogen and oxygen atoms in total. The Balaban J connectivity index is 4.07. The zero-order valence-corrected chi connectivity index (χ0v) is 6.54. The minimum Gasteiger partial charge on any atom is -0.394 e. The molecule has 4 atom stereocenters. The number of aliphatic hydroxyl groups is 5. The van der Waals surface area contributed by atoms with Crippen LogP contribution in [0, 0.1) is 0 Å². The third-order valence-electron chi connectivity index (χ3n) is 1.52. The molecule has 0 aromatic heterocycles. The van der Waals surface area contributed by atoms with Gasteiger partial charge in [-0.15, -0.1) is 6.58 Å². The van der Waals surface area contributed by atoms with E-state index in [1.807, 2.05) is 0 Å². The van der Waals surface area contributed by atoms with Crippen molar-refractivity contribution in [3.63, 3.8) is 0 Å². The van der Waals surface area contributed by atoms with E-state index in [1.165, 1.54) is 0 Å². The van der Waals surface area contributed by atoms with E-state index in [0.717, 1.165) is 6.08 Å². The second kappa shape index (κ2) is 5.23. The molecule has 0 saturated carbocycles. The van der Waals surface area contributed by atoms with Crippen molar-refractivity contribution in [3.05, 3.63) is 12.7 Å². The van der Waals surface area contributed by atoms with Gasteiger partial charge in [-0.05, 0) is 0 Å². The summed E-state index contributed by atoms with van der Waals surface area (Å²) >= 11 is 0. The average molecular weight is 178 g/mol. The summed E-state index contributed by atoms with van der Waals surface area (Å²) in [5.41, 5.74) is 0. The summed E-state index contributed by atoms with van der Waals surface area (Å²) in [5.74, 6) is 0. The summed E-state index contributed by atoms with van der Waals surface area (Å²) in [6.07, 6.45) is -4.87. The molecule has 0 aromatic carbocycles. The molecule has 0 unspecified atom stereocenters. The first-order valence-corrected chi connectivity index (χ1v) is 3.50. The summed E-state index contributed by atoms with van der Waals surface area (Å²) in [7, 11) is 0. The highest BCUT2D eigenvalue weighted by Crippen LogP contribution is 2.04. The molecule has 12 heavy (non-hydrogen) atoms. The minimum absolute atomic E-state index is 0.678. The molecule has 0 fully saturated rings. The van der Waals surface area contributed by atoms with Gasteiger partial charge in [-0.25, -0.2) is 0 Å². The maximum Gasteiger partial charge on any atom is 0.112 e. The van der Waals surface area contributed by atoms with E-state index in [4.69, 9.17) is 25.5 Å². The molecule has 5 N–H and O–H groups in total. The van der Waals surface area contributed by atoms with Crippen LogP contribution in [0.15, 0.2) is 12.7 Å². The first-order chi connectivity index (χ1) is 5.54. The van der Waals surface area contributed by atoms with Crippen molar-refractivity contribution in [3.8, 4) is 0 Å². The van der Waals surface area contributed by atoms with Crippen LogP contribution in [-0.4, -0.2) is 56.6 Å². The molecule has 0 saturated heterocycles. The van der Waals surface area contributed by atoms with Gasteiger partial charge in [0.2, 0.25) is 0 Å². The molecule has 0 heterocycles. The van der Waals surface area contributed by atoms with Crippen LogP contribution in [-0.2, 0) is 0 Å². The Kier molecular flexibility index (Phi) is 5.03. The van der Waals surface area contributed by atoms with Gasteiger partial charge in [0.1, 0.15) is 24.4 Å². The van der Waals surface area contributed by atoms with Gasteiger partial charge in [0.15, 0.2) is 0 Å². The molecular weight excluding hydrogens is 164 g/mol. The predicted octanol–water partition coefficient (Wildman–Crippen LogP) is -2.39. The van der Waals surface area contributed by atoms with Gasteiger partial charge in [0.25, 0.3) is 0 Å². The lowest BCUT2D eigenvalue weighted by molar-refractivity contribution is -0.104. The van der Waals surface area contributed by atoms with Crippen LogP contribution in [0.25, 0.3) is 0 Å². The molecule has 0 aliphatic rings. The molecule has 0 spiro atoms. The van der Waals surface area contributed by atoms with Crippen LogP contribution < -0.4 is 0 Å². The fourth-order valence-electron chi connectivity index (χ4n) is 0.677. The van der Waals surface area contributed by atoms with Gasteiger partial charge in [0.05, 0.1) is 6.61 Å². The van der Waals surface area contributed by atoms with Crippen molar-refractivity contribution < 1.29 is 25.5 Å². The first-order valence-electron chi connectivity index (χ1n) is 3.50. The fourth-order valence-corrected chi connectivity index (χ4v) is 0.677. The van der Waals surface area contributed by atoms with E-state index in [1.54, 1.807) is 0 Å². The topological polar surface area (TPSA) is 101 Å². The van der Waals surface area contributed by atoms with Crippen LogP contribution in [0.2, 0.25) is 0 Å². The number of hydrogen-bond acceptors (Lipinski definition) is 5. The Bertz CT molecular complexity index is 138. The Morgan fingerprint density at radius 3 is 1.92 bits per heavy atom. The molecule has 5 heteroatoms. The van der Waals surface area contributed by atoms with Crippen molar-refractivity contribution in [2.45, 2.75) is 24.4 Å². The normalized spacial score (nSPS) is 21.1. The second-order valence-corrected chi connectivity index (χ2v) is 2.46. The molecule has 0 amide bonds. The maximum atomic E-state index is 9.05. The van der Waals surface area contributed by atoms with E-state index in [-0.39, 0.29) is 0 Å². The van der Waals surface area contributed by atoms with Gasteiger partial charge in [0, 0.05) is 0 Å². The van der Waals surface area contributed by atoms with Crippen LogP contribution in [0.1, 0.15) is 0 Å².